The largest absolute Gasteiger partial charge is 0.495 e. The van der Waals surface area contributed by atoms with Gasteiger partial charge in [-0.2, -0.15) is 0 Å². The molecule has 0 spiro atoms. The van der Waals surface area contributed by atoms with Gasteiger partial charge in [0.1, 0.15) is 23.3 Å². The fraction of sp³-hybridized carbons (Fsp3) is 0.129. The molecule has 0 saturated heterocycles. The first-order valence-corrected chi connectivity index (χ1v) is 13.6. The van der Waals surface area contributed by atoms with E-state index in [2.05, 4.69) is 15.6 Å². The lowest BCUT2D eigenvalue weighted by atomic mass is 10.0. The molecule has 0 aliphatic heterocycles. The van der Waals surface area contributed by atoms with Gasteiger partial charge in [-0.25, -0.2) is 9.07 Å². The third kappa shape index (κ3) is 6.16. The second-order valence-corrected chi connectivity index (χ2v) is 10.0. The Bertz CT molecular complexity index is 1890. The molecule has 1 atom stereocenters. The Balaban J connectivity index is 1.51. The van der Waals surface area contributed by atoms with E-state index in [0.29, 0.717) is 56.5 Å². The maximum atomic E-state index is 13.8. The molecule has 0 fully saturated rings. The summed E-state index contributed by atoms with van der Waals surface area (Å²) in [4.78, 5) is 38.1. The number of pyridine rings is 1. The quantitative estimate of drug-likeness (QED) is 0.237. The van der Waals surface area contributed by atoms with Crippen LogP contribution in [0.5, 0.6) is 5.75 Å². The Labute approximate surface area is 250 Å². The summed E-state index contributed by atoms with van der Waals surface area (Å²) >= 11 is 6.37. The third-order valence-corrected chi connectivity index (χ3v) is 7.07. The van der Waals surface area contributed by atoms with Crippen molar-refractivity contribution >= 4 is 29.1 Å². The molecule has 12 heteroatoms. The van der Waals surface area contributed by atoms with Crippen LogP contribution in [0.1, 0.15) is 29.7 Å². The van der Waals surface area contributed by atoms with Crippen molar-refractivity contribution in [1.82, 2.24) is 19.6 Å². The molecule has 0 aliphatic carbocycles. The molecule has 2 heterocycles. The minimum absolute atomic E-state index is 0.303. The predicted octanol–water partition coefficient (Wildman–Crippen LogP) is 5.25. The molecule has 3 N–H and O–H groups in total. The Kier molecular flexibility index (Phi) is 8.35. The highest BCUT2D eigenvalue weighted by molar-refractivity contribution is 6.31. The molecule has 10 nitrogen and oxygen atoms in total. The van der Waals surface area contributed by atoms with E-state index in [1.807, 2.05) is 0 Å². The van der Waals surface area contributed by atoms with Crippen LogP contribution in [0.25, 0.3) is 28.1 Å². The molecular formula is C31H26ClFN6O4. The fourth-order valence-electron chi connectivity index (χ4n) is 4.68. The number of nitrogens with zero attached hydrogens (tertiary/aromatic N) is 4. The zero-order valence-electron chi connectivity index (χ0n) is 23.1. The van der Waals surface area contributed by atoms with Crippen molar-refractivity contribution < 1.29 is 18.7 Å². The summed E-state index contributed by atoms with van der Waals surface area (Å²) in [6.07, 6.45) is 3.42. The molecule has 5 rings (SSSR count). The lowest BCUT2D eigenvalue weighted by Crippen LogP contribution is -2.32. The molecule has 3 aromatic carbocycles. The Morgan fingerprint density at radius 3 is 2.49 bits per heavy atom. The topological polar surface area (TPSA) is 134 Å². The summed E-state index contributed by atoms with van der Waals surface area (Å²) in [6.45, 7) is 1.78. The third-order valence-electron chi connectivity index (χ3n) is 6.84. The minimum atomic E-state index is -0.866. The number of halogens is 2. The number of anilines is 1. The van der Waals surface area contributed by atoms with E-state index >= 15 is 0 Å². The number of carbonyl (C=O) groups excluding carboxylic acids is 2. The number of amides is 2. The van der Waals surface area contributed by atoms with E-state index in [9.17, 15) is 18.8 Å². The van der Waals surface area contributed by atoms with Crippen molar-refractivity contribution in [3.8, 4) is 33.8 Å². The first-order chi connectivity index (χ1) is 20.7. The van der Waals surface area contributed by atoms with Crippen LogP contribution in [0, 0.1) is 5.82 Å². The number of carbonyl (C=O) groups is 2. The van der Waals surface area contributed by atoms with Crippen molar-refractivity contribution in [3.63, 3.8) is 0 Å². The maximum absolute atomic E-state index is 13.8. The van der Waals surface area contributed by atoms with Crippen LogP contribution in [-0.2, 0) is 4.79 Å². The smallest absolute Gasteiger partial charge is 0.252 e. The van der Waals surface area contributed by atoms with E-state index in [1.165, 1.54) is 52.9 Å². The monoisotopic (exact) mass is 600 g/mol. The predicted molar refractivity (Wildman–Crippen MR) is 161 cm³/mol. The molecular weight excluding hydrogens is 575 g/mol. The highest BCUT2D eigenvalue weighted by Crippen LogP contribution is 2.36. The van der Waals surface area contributed by atoms with Crippen molar-refractivity contribution in [2.75, 3.05) is 12.4 Å². The standard InChI is InChI=1S/C31H26ClFN6O4/c1-3-26(31(42)35-22-10-7-18(8-11-22)30(34)41)38-17-28(43-2)24(15-29(38)40)23-14-20(32)9-12-27(23)39-16-25(36-37-39)19-5-4-6-21(33)13-19/h4-17,26H,3H2,1-2H3,(H2,34,41)(H,35,42)/t26-/m0/s1. The zero-order chi connectivity index (χ0) is 30.7. The van der Waals surface area contributed by atoms with Gasteiger partial charge in [0.15, 0.2) is 0 Å². The van der Waals surface area contributed by atoms with Gasteiger partial charge in [-0.3, -0.25) is 19.0 Å². The van der Waals surface area contributed by atoms with Crippen LogP contribution in [0.4, 0.5) is 10.1 Å². The highest BCUT2D eigenvalue weighted by atomic mass is 35.5. The summed E-state index contributed by atoms with van der Waals surface area (Å²) < 4.78 is 22.3. The normalized spacial score (nSPS) is 11.6. The SMILES string of the molecule is CC[C@@H](C(=O)Nc1ccc(C(N)=O)cc1)n1cc(OC)c(-c2cc(Cl)ccc2-n2cc(-c3cccc(F)c3)nn2)cc1=O. The number of hydrogen-bond acceptors (Lipinski definition) is 6. The number of benzene rings is 3. The van der Waals surface area contributed by atoms with Crippen LogP contribution in [0.3, 0.4) is 0 Å². The van der Waals surface area contributed by atoms with E-state index in [1.54, 1.807) is 55.6 Å². The van der Waals surface area contributed by atoms with E-state index in [-0.39, 0.29) is 0 Å². The van der Waals surface area contributed by atoms with Crippen molar-refractivity contribution in [1.29, 1.82) is 0 Å². The van der Waals surface area contributed by atoms with E-state index in [0.717, 1.165) is 0 Å². The Morgan fingerprint density at radius 2 is 1.81 bits per heavy atom. The molecule has 0 saturated carbocycles. The molecule has 0 aliphatic rings. The van der Waals surface area contributed by atoms with Crippen LogP contribution >= 0.6 is 11.6 Å². The lowest BCUT2D eigenvalue weighted by molar-refractivity contribution is -0.119. The summed E-state index contributed by atoms with van der Waals surface area (Å²) in [5.41, 5.74) is 8.06. The first-order valence-electron chi connectivity index (χ1n) is 13.2. The lowest BCUT2D eigenvalue weighted by Gasteiger charge is -2.21. The van der Waals surface area contributed by atoms with Crippen LogP contribution in [0.15, 0.2) is 90.0 Å². The first kappa shape index (κ1) is 29.2. The maximum Gasteiger partial charge on any atom is 0.252 e. The van der Waals surface area contributed by atoms with Gasteiger partial charge in [-0.15, -0.1) is 5.10 Å². The number of rotatable bonds is 9. The summed E-state index contributed by atoms with van der Waals surface area (Å²) in [5.74, 6) is -1.10. The van der Waals surface area contributed by atoms with Gasteiger partial charge >= 0.3 is 0 Å². The van der Waals surface area contributed by atoms with E-state index < -0.39 is 29.2 Å². The van der Waals surface area contributed by atoms with Crippen molar-refractivity contribution in [2.45, 2.75) is 19.4 Å². The summed E-state index contributed by atoms with van der Waals surface area (Å²) in [6, 6.07) is 17.7. The average molecular weight is 601 g/mol. The van der Waals surface area contributed by atoms with Crippen LogP contribution in [-0.4, -0.2) is 38.5 Å². The molecule has 2 aromatic heterocycles. The molecule has 2 amide bonds. The minimum Gasteiger partial charge on any atom is -0.495 e. The number of aromatic nitrogens is 4. The zero-order valence-corrected chi connectivity index (χ0v) is 23.9. The molecule has 0 radical (unpaired) electrons. The van der Waals surface area contributed by atoms with Gasteiger partial charge in [-0.1, -0.05) is 35.9 Å². The number of ether oxygens (including phenoxy) is 1. The second kappa shape index (κ2) is 12.3. The molecule has 43 heavy (non-hydrogen) atoms. The number of nitrogens with two attached hydrogens (primary N) is 1. The molecule has 0 bridgehead atoms. The van der Waals surface area contributed by atoms with Gasteiger partial charge in [0, 0.05) is 39.0 Å². The summed E-state index contributed by atoms with van der Waals surface area (Å²) in [5, 5.41) is 11.6. The highest BCUT2D eigenvalue weighted by Gasteiger charge is 2.23. The van der Waals surface area contributed by atoms with Gasteiger partial charge < -0.3 is 15.8 Å². The number of methoxy groups -OCH3 is 1. The number of nitrogens with one attached hydrogen (secondary N) is 1. The van der Waals surface area contributed by atoms with Gasteiger partial charge in [-0.05, 0) is 61.0 Å². The average Bonchev–Trinajstić information content (AvgIpc) is 3.48. The van der Waals surface area contributed by atoms with Crippen LogP contribution < -0.4 is 21.3 Å². The van der Waals surface area contributed by atoms with Gasteiger partial charge in [0.2, 0.25) is 11.8 Å². The molecule has 5 aromatic rings. The van der Waals surface area contributed by atoms with Crippen molar-refractivity contribution in [3.05, 3.63) is 112 Å². The fourth-order valence-corrected chi connectivity index (χ4v) is 4.85. The number of primary amides is 1. The van der Waals surface area contributed by atoms with Gasteiger partial charge in [0.05, 0.1) is 25.2 Å². The van der Waals surface area contributed by atoms with Crippen molar-refractivity contribution in [2.24, 2.45) is 5.73 Å². The Morgan fingerprint density at radius 1 is 1.05 bits per heavy atom. The van der Waals surface area contributed by atoms with Crippen LogP contribution in [0.2, 0.25) is 5.02 Å². The number of hydrogen-bond donors (Lipinski definition) is 2. The van der Waals surface area contributed by atoms with E-state index in [4.69, 9.17) is 22.1 Å². The Hall–Kier alpha value is -5.29. The molecule has 0 unspecified atom stereocenters. The second-order valence-electron chi connectivity index (χ2n) is 9.58. The molecule has 218 valence electrons. The summed E-state index contributed by atoms with van der Waals surface area (Å²) in [7, 11) is 1.46. The van der Waals surface area contributed by atoms with Gasteiger partial charge in [0.25, 0.3) is 5.56 Å².